The molecule has 166 valence electrons. The van der Waals surface area contributed by atoms with Crippen molar-refractivity contribution >= 4 is 11.6 Å². The lowest BCUT2D eigenvalue weighted by Crippen LogP contribution is -1.98. The van der Waals surface area contributed by atoms with Crippen molar-refractivity contribution in [1.29, 1.82) is 0 Å². The van der Waals surface area contributed by atoms with Crippen LogP contribution < -0.4 is 9.47 Å². The minimum Gasteiger partial charge on any atom is -0.490 e. The zero-order valence-corrected chi connectivity index (χ0v) is 19.4. The summed E-state index contributed by atoms with van der Waals surface area (Å²) in [6.45, 7) is 7.20. The number of rotatable bonds is 8. The number of benzene rings is 3. The average molecular weight is 438 g/mol. The zero-order valence-electron chi connectivity index (χ0n) is 19.4. The van der Waals surface area contributed by atoms with Gasteiger partial charge in [0.05, 0.1) is 36.5 Å². The molecule has 3 aromatic carbocycles. The van der Waals surface area contributed by atoms with Gasteiger partial charge in [-0.2, -0.15) is 0 Å². The van der Waals surface area contributed by atoms with Crippen LogP contribution in [0.2, 0.25) is 0 Å². The van der Waals surface area contributed by atoms with Crippen molar-refractivity contribution < 1.29 is 13.9 Å². The van der Waals surface area contributed by atoms with Gasteiger partial charge in [-0.3, -0.25) is 0 Å². The molecule has 0 saturated carbocycles. The van der Waals surface area contributed by atoms with E-state index in [2.05, 4.69) is 61.5 Å². The first-order chi connectivity index (χ1) is 16.2. The minimum absolute atomic E-state index is 0.584. The maximum absolute atomic E-state index is 6.38. The van der Waals surface area contributed by atoms with Gasteiger partial charge < -0.3 is 9.47 Å². The second kappa shape index (κ2) is 10.6. The lowest BCUT2D eigenvalue weighted by atomic mass is 10.0. The van der Waals surface area contributed by atoms with E-state index in [1.807, 2.05) is 56.3 Å². The summed E-state index contributed by atoms with van der Waals surface area (Å²) in [5.74, 6) is 3.17. The van der Waals surface area contributed by atoms with Crippen LogP contribution in [0, 0.1) is 0 Å². The van der Waals surface area contributed by atoms with Gasteiger partial charge in [-0.15, -0.1) is 0 Å². The molecule has 0 spiro atoms. The Kier molecular flexibility index (Phi) is 7.21. The van der Waals surface area contributed by atoms with Crippen molar-refractivity contribution in [3.63, 3.8) is 0 Å². The van der Waals surface area contributed by atoms with Crippen LogP contribution in [0.4, 0.5) is 0 Å². The van der Waals surface area contributed by atoms with Crippen LogP contribution in [0.5, 0.6) is 11.5 Å². The fourth-order valence-electron chi connectivity index (χ4n) is 3.72. The Morgan fingerprint density at radius 3 is 2.00 bits per heavy atom. The molecule has 0 aliphatic rings. The molecule has 3 nitrogen and oxygen atoms in total. The molecule has 3 heteroatoms. The van der Waals surface area contributed by atoms with Crippen molar-refractivity contribution in [3.05, 3.63) is 102 Å². The van der Waals surface area contributed by atoms with Crippen molar-refractivity contribution in [2.75, 3.05) is 13.2 Å². The predicted octanol–water partition coefficient (Wildman–Crippen LogP) is 8.25. The lowest BCUT2D eigenvalue weighted by molar-refractivity contribution is 0.287. The molecular weight excluding hydrogens is 408 g/mol. The minimum atomic E-state index is 0.584. The van der Waals surface area contributed by atoms with Gasteiger partial charge in [0.15, 0.2) is 11.5 Å². The molecule has 0 N–H and O–H groups in total. The first kappa shape index (κ1) is 22.3. The van der Waals surface area contributed by atoms with Crippen molar-refractivity contribution in [1.82, 2.24) is 0 Å². The molecule has 0 radical (unpaired) electrons. The van der Waals surface area contributed by atoms with Gasteiger partial charge in [0.1, 0.15) is 0 Å². The zero-order chi connectivity index (χ0) is 23.0. The van der Waals surface area contributed by atoms with E-state index in [0.717, 1.165) is 50.8 Å². The molecular formula is C30H29O3+. The Morgan fingerprint density at radius 1 is 0.697 bits per heavy atom. The smallest absolute Gasteiger partial charge is 0.361 e. The summed E-state index contributed by atoms with van der Waals surface area (Å²) >= 11 is 0. The van der Waals surface area contributed by atoms with Gasteiger partial charge in [-0.1, -0.05) is 54.6 Å². The summed E-state index contributed by atoms with van der Waals surface area (Å²) in [6, 6.07) is 30.8. The Balaban J connectivity index is 1.77. The standard InChI is InChI=1S/C30H29O3/c1-4-31-27-17-16-23(19-30(27)32-5-2)18-22(3)28-20-26(24-12-8-6-9-13-24)21-29(33-28)25-14-10-7-11-15-25/h6-21H,4-5H2,1-3H3/q+1. The predicted molar refractivity (Wildman–Crippen MR) is 136 cm³/mol. The first-order valence-corrected chi connectivity index (χ1v) is 11.3. The summed E-state index contributed by atoms with van der Waals surface area (Å²) < 4.78 is 17.9. The molecule has 0 aliphatic carbocycles. The highest BCUT2D eigenvalue weighted by molar-refractivity contribution is 5.81. The van der Waals surface area contributed by atoms with Gasteiger partial charge in [0.2, 0.25) is 0 Å². The summed E-state index contributed by atoms with van der Waals surface area (Å²) in [5, 5.41) is 0. The molecule has 0 atom stereocenters. The highest BCUT2D eigenvalue weighted by atomic mass is 16.5. The van der Waals surface area contributed by atoms with Crippen LogP contribution in [0.15, 0.2) is 95.4 Å². The summed E-state index contributed by atoms with van der Waals surface area (Å²) in [5.41, 5.74) is 5.37. The molecule has 33 heavy (non-hydrogen) atoms. The van der Waals surface area contributed by atoms with E-state index in [1.165, 1.54) is 0 Å². The SMILES string of the molecule is CCOc1ccc(C=C(C)c2cc(-c3ccccc3)cc(-c3ccccc3)[o+]2)cc1OCC. The normalized spacial score (nSPS) is 11.3. The Hall–Kier alpha value is -3.85. The Bertz CT molecular complexity index is 1170. The number of ether oxygens (including phenoxy) is 2. The molecule has 0 bridgehead atoms. The molecule has 1 heterocycles. The van der Waals surface area contributed by atoms with Gasteiger partial charge in [-0.05, 0) is 62.2 Å². The maximum Gasteiger partial charge on any atom is 0.361 e. The van der Waals surface area contributed by atoms with Gasteiger partial charge in [-0.25, -0.2) is 4.42 Å². The topological polar surface area (TPSA) is 29.8 Å². The molecule has 4 rings (SSSR count). The summed E-state index contributed by atoms with van der Waals surface area (Å²) in [6.07, 6.45) is 2.11. The summed E-state index contributed by atoms with van der Waals surface area (Å²) in [4.78, 5) is 0. The Labute approximate surface area is 195 Å². The molecule has 0 aliphatic heterocycles. The van der Waals surface area contributed by atoms with E-state index in [0.29, 0.717) is 13.2 Å². The van der Waals surface area contributed by atoms with E-state index in [1.54, 1.807) is 0 Å². The fraction of sp³-hybridized carbons (Fsp3) is 0.167. The number of hydrogen-bond acceptors (Lipinski definition) is 2. The van der Waals surface area contributed by atoms with E-state index in [-0.39, 0.29) is 0 Å². The Morgan fingerprint density at radius 2 is 1.33 bits per heavy atom. The van der Waals surface area contributed by atoms with Crippen LogP contribution in [-0.4, -0.2) is 13.2 Å². The van der Waals surface area contributed by atoms with Crippen LogP contribution in [-0.2, 0) is 0 Å². The van der Waals surface area contributed by atoms with Gasteiger partial charge in [0.25, 0.3) is 0 Å². The third-order valence-corrected chi connectivity index (χ3v) is 5.30. The average Bonchev–Trinajstić information content (AvgIpc) is 2.86. The van der Waals surface area contributed by atoms with E-state index < -0.39 is 0 Å². The highest BCUT2D eigenvalue weighted by Gasteiger charge is 2.20. The molecule has 0 unspecified atom stereocenters. The number of allylic oxidation sites excluding steroid dienone is 1. The van der Waals surface area contributed by atoms with Crippen LogP contribution in [0.25, 0.3) is 34.1 Å². The van der Waals surface area contributed by atoms with E-state index in [4.69, 9.17) is 13.9 Å². The quantitative estimate of drug-likeness (QED) is 0.260. The summed E-state index contributed by atoms with van der Waals surface area (Å²) in [7, 11) is 0. The number of hydrogen-bond donors (Lipinski definition) is 0. The van der Waals surface area contributed by atoms with Crippen molar-refractivity contribution in [2.45, 2.75) is 20.8 Å². The molecule has 0 saturated heterocycles. The molecule has 0 amide bonds. The molecule has 0 fully saturated rings. The third kappa shape index (κ3) is 5.50. The molecule has 4 aromatic rings. The molecule has 1 aromatic heterocycles. The second-order valence-corrected chi connectivity index (χ2v) is 7.71. The van der Waals surface area contributed by atoms with E-state index in [9.17, 15) is 0 Å². The third-order valence-electron chi connectivity index (χ3n) is 5.30. The second-order valence-electron chi connectivity index (χ2n) is 7.71. The van der Waals surface area contributed by atoms with Crippen molar-refractivity contribution in [3.8, 4) is 33.9 Å². The fourth-order valence-corrected chi connectivity index (χ4v) is 3.72. The first-order valence-electron chi connectivity index (χ1n) is 11.3. The van der Waals surface area contributed by atoms with E-state index >= 15 is 0 Å². The lowest BCUT2D eigenvalue weighted by Gasteiger charge is -2.11. The largest absolute Gasteiger partial charge is 0.490 e. The highest BCUT2D eigenvalue weighted by Crippen LogP contribution is 2.33. The van der Waals surface area contributed by atoms with Gasteiger partial charge >= 0.3 is 11.5 Å². The van der Waals surface area contributed by atoms with Crippen molar-refractivity contribution in [2.24, 2.45) is 0 Å². The maximum atomic E-state index is 6.38. The van der Waals surface area contributed by atoms with Crippen LogP contribution in [0.1, 0.15) is 32.1 Å². The monoisotopic (exact) mass is 437 g/mol. The van der Waals surface area contributed by atoms with Crippen LogP contribution >= 0.6 is 0 Å². The van der Waals surface area contributed by atoms with Gasteiger partial charge in [0, 0.05) is 5.56 Å². The van der Waals surface area contributed by atoms with Crippen LogP contribution in [0.3, 0.4) is 0 Å².